The summed E-state index contributed by atoms with van der Waals surface area (Å²) in [6.07, 6.45) is 0. The zero-order valence-electron chi connectivity index (χ0n) is 20.5. The van der Waals surface area contributed by atoms with E-state index in [0.717, 1.165) is 0 Å². The van der Waals surface area contributed by atoms with E-state index in [0.29, 0.717) is 0 Å². The minimum Gasteiger partial charge on any atom is -0.344 e. The van der Waals surface area contributed by atoms with Crippen molar-refractivity contribution in [1.29, 1.82) is 0 Å². The topological polar surface area (TPSA) is 9.86 Å². The van der Waals surface area contributed by atoms with E-state index in [2.05, 4.69) is 144 Å². The molecule has 0 saturated carbocycles. The maximum Gasteiger partial charge on any atom is 0.0541 e. The van der Waals surface area contributed by atoms with Crippen LogP contribution in [0.2, 0.25) is 0 Å². The summed E-state index contributed by atoms with van der Waals surface area (Å²) >= 11 is 0. The number of para-hydroxylation sites is 2. The second-order valence-electron chi connectivity index (χ2n) is 9.93. The average Bonchev–Trinajstić information content (AvgIpc) is 3.43. The van der Waals surface area contributed by atoms with Gasteiger partial charge in [-0.15, -0.1) is 0 Å². The molecule has 2 aromatic heterocycles. The molecular formula is C35H24N2. The highest BCUT2D eigenvalue weighted by Gasteiger charge is 2.14. The van der Waals surface area contributed by atoms with Gasteiger partial charge >= 0.3 is 0 Å². The van der Waals surface area contributed by atoms with Gasteiger partial charge in [-0.05, 0) is 76.5 Å². The van der Waals surface area contributed by atoms with Crippen LogP contribution < -0.4 is 0 Å². The van der Waals surface area contributed by atoms with Gasteiger partial charge in [-0.3, -0.25) is 0 Å². The van der Waals surface area contributed by atoms with Gasteiger partial charge in [-0.25, -0.2) is 0 Å². The molecule has 0 atom stereocenters. The van der Waals surface area contributed by atoms with Gasteiger partial charge in [0.25, 0.3) is 0 Å². The Morgan fingerprint density at radius 1 is 0.405 bits per heavy atom. The van der Waals surface area contributed by atoms with Gasteiger partial charge in [-0.1, -0.05) is 72.8 Å². The molecule has 2 heteroatoms. The third-order valence-corrected chi connectivity index (χ3v) is 7.89. The summed E-state index contributed by atoms with van der Waals surface area (Å²) in [5.41, 5.74) is 8.66. The highest BCUT2D eigenvalue weighted by molar-refractivity contribution is 6.14. The first-order valence-electron chi connectivity index (χ1n) is 12.8. The fourth-order valence-corrected chi connectivity index (χ4v) is 6.08. The van der Waals surface area contributed by atoms with Gasteiger partial charge in [-0.2, -0.15) is 0 Å². The van der Waals surface area contributed by atoms with Crippen molar-refractivity contribution >= 4 is 54.4 Å². The first kappa shape index (κ1) is 20.4. The largest absolute Gasteiger partial charge is 0.344 e. The predicted molar refractivity (Wildman–Crippen MR) is 158 cm³/mol. The van der Waals surface area contributed by atoms with Gasteiger partial charge in [0.2, 0.25) is 0 Å². The molecule has 8 rings (SSSR count). The summed E-state index contributed by atoms with van der Waals surface area (Å²) in [5, 5.41) is 7.72. The summed E-state index contributed by atoms with van der Waals surface area (Å²) in [6.45, 7) is 0. The van der Waals surface area contributed by atoms with E-state index in [1.54, 1.807) is 0 Å². The molecule has 6 aromatic carbocycles. The standard InChI is InChI=1S/C35H24N2/c1-36-32-17-15-25(21-30(32)31-19-23-9-5-6-10-24(23)22-35(31)36)26-16-18-34-29(20-26)28-13-7-8-14-33(28)37(34)27-11-3-2-4-12-27/h2-22H,1H3. The zero-order chi connectivity index (χ0) is 24.5. The molecule has 0 aliphatic rings. The van der Waals surface area contributed by atoms with Crippen LogP contribution in [0.3, 0.4) is 0 Å². The fraction of sp³-hybridized carbons (Fsp3) is 0.0286. The lowest BCUT2D eigenvalue weighted by Crippen LogP contribution is -1.92. The van der Waals surface area contributed by atoms with E-state index in [9.17, 15) is 0 Å². The molecule has 37 heavy (non-hydrogen) atoms. The molecule has 0 bridgehead atoms. The van der Waals surface area contributed by atoms with E-state index in [1.807, 2.05) is 0 Å². The number of aryl methyl sites for hydroxylation is 1. The molecule has 0 amide bonds. The molecule has 0 spiro atoms. The van der Waals surface area contributed by atoms with Crippen LogP contribution in [0.25, 0.3) is 71.2 Å². The molecule has 0 N–H and O–H groups in total. The van der Waals surface area contributed by atoms with Gasteiger partial charge < -0.3 is 9.13 Å². The van der Waals surface area contributed by atoms with E-state index in [1.165, 1.54) is 71.2 Å². The Hall–Kier alpha value is -4.82. The van der Waals surface area contributed by atoms with Crippen molar-refractivity contribution in [3.63, 3.8) is 0 Å². The maximum absolute atomic E-state index is 2.37. The lowest BCUT2D eigenvalue weighted by Gasteiger charge is -2.08. The normalized spacial score (nSPS) is 11.9. The van der Waals surface area contributed by atoms with E-state index in [4.69, 9.17) is 0 Å². The molecule has 0 aliphatic carbocycles. The first-order chi connectivity index (χ1) is 18.3. The van der Waals surface area contributed by atoms with Crippen LogP contribution in [-0.2, 0) is 7.05 Å². The Morgan fingerprint density at radius 3 is 1.76 bits per heavy atom. The number of hydrogen-bond acceptors (Lipinski definition) is 0. The molecule has 0 aliphatic heterocycles. The second-order valence-corrected chi connectivity index (χ2v) is 9.93. The van der Waals surface area contributed by atoms with E-state index in [-0.39, 0.29) is 0 Å². The monoisotopic (exact) mass is 472 g/mol. The number of aromatic nitrogens is 2. The molecular weight excluding hydrogens is 448 g/mol. The van der Waals surface area contributed by atoms with E-state index < -0.39 is 0 Å². The van der Waals surface area contributed by atoms with Crippen LogP contribution in [0.4, 0.5) is 0 Å². The van der Waals surface area contributed by atoms with Crippen LogP contribution in [0.5, 0.6) is 0 Å². The third kappa shape index (κ3) is 2.93. The van der Waals surface area contributed by atoms with Crippen LogP contribution in [0, 0.1) is 0 Å². The molecule has 0 saturated heterocycles. The van der Waals surface area contributed by atoms with Crippen LogP contribution in [0.15, 0.2) is 127 Å². The summed E-state index contributed by atoms with van der Waals surface area (Å²) < 4.78 is 4.69. The summed E-state index contributed by atoms with van der Waals surface area (Å²) in [5.74, 6) is 0. The van der Waals surface area contributed by atoms with Gasteiger partial charge in [0.1, 0.15) is 0 Å². The van der Waals surface area contributed by atoms with E-state index >= 15 is 0 Å². The molecule has 8 aromatic rings. The first-order valence-corrected chi connectivity index (χ1v) is 12.8. The summed E-state index contributed by atoms with van der Waals surface area (Å²) in [7, 11) is 2.17. The van der Waals surface area contributed by atoms with Gasteiger partial charge in [0.15, 0.2) is 0 Å². The smallest absolute Gasteiger partial charge is 0.0541 e. The second kappa shape index (κ2) is 7.59. The predicted octanol–water partition coefficient (Wildman–Crippen LogP) is 9.25. The van der Waals surface area contributed by atoms with Crippen LogP contribution in [-0.4, -0.2) is 9.13 Å². The maximum atomic E-state index is 2.37. The lowest BCUT2D eigenvalue weighted by atomic mass is 10.00. The van der Waals surface area contributed by atoms with Crippen molar-refractivity contribution in [1.82, 2.24) is 9.13 Å². The molecule has 2 heterocycles. The Labute approximate surface area is 214 Å². The van der Waals surface area contributed by atoms with Crippen molar-refractivity contribution in [2.45, 2.75) is 0 Å². The van der Waals surface area contributed by atoms with Crippen molar-refractivity contribution < 1.29 is 0 Å². The van der Waals surface area contributed by atoms with Crippen LogP contribution >= 0.6 is 0 Å². The minimum absolute atomic E-state index is 1.19. The number of rotatable bonds is 2. The molecule has 0 radical (unpaired) electrons. The molecule has 0 unspecified atom stereocenters. The van der Waals surface area contributed by atoms with Crippen molar-refractivity contribution in [2.24, 2.45) is 7.05 Å². The van der Waals surface area contributed by atoms with Crippen molar-refractivity contribution in [2.75, 3.05) is 0 Å². The number of fused-ring (bicyclic) bond motifs is 7. The Balaban J connectivity index is 1.37. The average molecular weight is 473 g/mol. The van der Waals surface area contributed by atoms with Gasteiger partial charge in [0, 0.05) is 45.3 Å². The number of nitrogens with zero attached hydrogens (tertiary/aromatic N) is 2. The highest BCUT2D eigenvalue weighted by atomic mass is 15.0. The van der Waals surface area contributed by atoms with Crippen LogP contribution in [0.1, 0.15) is 0 Å². The molecule has 174 valence electrons. The number of benzene rings is 6. The molecule has 2 nitrogen and oxygen atoms in total. The Bertz CT molecular complexity index is 2140. The van der Waals surface area contributed by atoms with Crippen molar-refractivity contribution in [3.05, 3.63) is 127 Å². The third-order valence-electron chi connectivity index (χ3n) is 7.89. The Morgan fingerprint density at radius 2 is 0.973 bits per heavy atom. The van der Waals surface area contributed by atoms with Gasteiger partial charge in [0.05, 0.1) is 11.0 Å². The fourth-order valence-electron chi connectivity index (χ4n) is 6.08. The lowest BCUT2D eigenvalue weighted by molar-refractivity contribution is 1.02. The quantitative estimate of drug-likeness (QED) is 0.237. The zero-order valence-corrected chi connectivity index (χ0v) is 20.5. The summed E-state index contributed by atoms with van der Waals surface area (Å²) in [4.78, 5) is 0. The summed E-state index contributed by atoms with van der Waals surface area (Å²) in [6, 6.07) is 46.4. The van der Waals surface area contributed by atoms with Crippen molar-refractivity contribution in [3.8, 4) is 16.8 Å². The minimum atomic E-state index is 1.19. The highest BCUT2D eigenvalue weighted by Crippen LogP contribution is 2.37. The SMILES string of the molecule is Cn1c2ccc(-c3ccc4c(c3)c3ccccc3n4-c3ccccc3)cc2c2cc3ccccc3cc21. The number of hydrogen-bond donors (Lipinski definition) is 0. The molecule has 0 fully saturated rings. The Kier molecular flexibility index (Phi) is 4.18.